The number of carbonyl (C=O) groups is 1. The number of aromatic nitrogens is 2. The number of urea groups is 1. The first-order valence-corrected chi connectivity index (χ1v) is 7.56. The van der Waals surface area contributed by atoms with Crippen LogP contribution in [-0.4, -0.2) is 35.4 Å². The average molecular weight is 318 g/mol. The van der Waals surface area contributed by atoms with Crippen LogP contribution in [0.2, 0.25) is 0 Å². The largest absolute Gasteiger partial charge is 0.491 e. The van der Waals surface area contributed by atoms with Gasteiger partial charge < -0.3 is 19.9 Å². The van der Waals surface area contributed by atoms with Crippen LogP contribution in [0.4, 0.5) is 4.79 Å². The molecule has 1 aromatic heterocycles. The van der Waals surface area contributed by atoms with Gasteiger partial charge in [0.25, 0.3) is 0 Å². The Labute approximate surface area is 135 Å². The van der Waals surface area contributed by atoms with Gasteiger partial charge in [0.15, 0.2) is 5.82 Å². The Kier molecular flexibility index (Phi) is 5.96. The predicted molar refractivity (Wildman–Crippen MR) is 85.4 cm³/mol. The van der Waals surface area contributed by atoms with E-state index in [0.717, 1.165) is 5.75 Å². The topological polar surface area (TPSA) is 89.3 Å². The van der Waals surface area contributed by atoms with Crippen LogP contribution in [0, 0.1) is 13.8 Å². The van der Waals surface area contributed by atoms with Crippen LogP contribution in [0.1, 0.15) is 24.2 Å². The maximum atomic E-state index is 11.8. The van der Waals surface area contributed by atoms with Gasteiger partial charge in [0.2, 0.25) is 5.89 Å². The summed E-state index contributed by atoms with van der Waals surface area (Å²) in [6.07, 6.45) is 0.502. The Hall–Kier alpha value is -2.57. The number of carbonyl (C=O) groups excluding carboxylic acids is 1. The van der Waals surface area contributed by atoms with E-state index in [4.69, 9.17) is 9.26 Å². The molecule has 1 unspecified atom stereocenters. The van der Waals surface area contributed by atoms with Crippen molar-refractivity contribution in [3.8, 4) is 5.75 Å². The van der Waals surface area contributed by atoms with Crippen molar-refractivity contribution in [1.82, 2.24) is 20.8 Å². The summed E-state index contributed by atoms with van der Waals surface area (Å²) in [5.41, 5.74) is 1.18. The number of hydrogen-bond acceptors (Lipinski definition) is 5. The van der Waals surface area contributed by atoms with E-state index < -0.39 is 0 Å². The van der Waals surface area contributed by atoms with Gasteiger partial charge in [-0.3, -0.25) is 0 Å². The monoisotopic (exact) mass is 318 g/mol. The van der Waals surface area contributed by atoms with Crippen LogP contribution >= 0.6 is 0 Å². The van der Waals surface area contributed by atoms with Gasteiger partial charge in [-0.15, -0.1) is 0 Å². The van der Waals surface area contributed by atoms with E-state index in [1.54, 1.807) is 6.92 Å². The molecule has 0 fully saturated rings. The third-order valence-electron chi connectivity index (χ3n) is 3.09. The minimum absolute atomic E-state index is 0.109. The summed E-state index contributed by atoms with van der Waals surface area (Å²) in [5, 5.41) is 9.25. The standard InChI is InChI=1S/C16H22N4O3/c1-11-4-6-14(7-5-11)22-10-12(2)18-16(21)17-9-8-15-19-13(3)20-23-15/h4-7,12H,8-10H2,1-3H3,(H2,17,18,21). The first kappa shape index (κ1) is 16.8. The van der Waals surface area contributed by atoms with E-state index >= 15 is 0 Å². The lowest BCUT2D eigenvalue weighted by Gasteiger charge is -2.15. The SMILES string of the molecule is Cc1ccc(OCC(C)NC(=O)NCCc2nc(C)no2)cc1. The smallest absolute Gasteiger partial charge is 0.315 e. The van der Waals surface area contributed by atoms with Crippen molar-refractivity contribution in [1.29, 1.82) is 0 Å². The van der Waals surface area contributed by atoms with Crippen molar-refractivity contribution in [2.45, 2.75) is 33.2 Å². The summed E-state index contributed by atoms with van der Waals surface area (Å²) in [5.74, 6) is 1.89. The summed E-state index contributed by atoms with van der Waals surface area (Å²) in [7, 11) is 0. The van der Waals surface area contributed by atoms with Gasteiger partial charge in [-0.05, 0) is 32.9 Å². The fourth-order valence-corrected chi connectivity index (χ4v) is 1.90. The summed E-state index contributed by atoms with van der Waals surface area (Å²) in [4.78, 5) is 15.8. The zero-order valence-corrected chi connectivity index (χ0v) is 13.6. The zero-order chi connectivity index (χ0) is 16.7. The zero-order valence-electron chi connectivity index (χ0n) is 13.6. The molecular weight excluding hydrogens is 296 g/mol. The van der Waals surface area contributed by atoms with E-state index in [1.807, 2.05) is 38.1 Å². The molecule has 2 rings (SSSR count). The fourth-order valence-electron chi connectivity index (χ4n) is 1.90. The number of benzene rings is 1. The van der Waals surface area contributed by atoms with Crippen LogP contribution in [0.25, 0.3) is 0 Å². The molecule has 0 saturated carbocycles. The molecule has 0 aliphatic heterocycles. The highest BCUT2D eigenvalue weighted by molar-refractivity contribution is 5.74. The second kappa shape index (κ2) is 8.17. The Bertz CT molecular complexity index is 625. The van der Waals surface area contributed by atoms with Crippen LogP contribution < -0.4 is 15.4 Å². The summed E-state index contributed by atoms with van der Waals surface area (Å²) >= 11 is 0. The highest BCUT2D eigenvalue weighted by Gasteiger charge is 2.08. The molecule has 124 valence electrons. The molecular formula is C16H22N4O3. The summed E-state index contributed by atoms with van der Waals surface area (Å²) < 4.78 is 10.6. The minimum atomic E-state index is -0.249. The number of rotatable bonds is 7. The van der Waals surface area contributed by atoms with Gasteiger partial charge in [-0.2, -0.15) is 4.98 Å². The predicted octanol–water partition coefficient (Wildman–Crippen LogP) is 2.00. The molecule has 1 atom stereocenters. The van der Waals surface area contributed by atoms with Gasteiger partial charge in [-0.1, -0.05) is 22.9 Å². The highest BCUT2D eigenvalue weighted by atomic mass is 16.5. The average Bonchev–Trinajstić information content (AvgIpc) is 2.92. The van der Waals surface area contributed by atoms with E-state index in [2.05, 4.69) is 20.8 Å². The molecule has 0 aliphatic carbocycles. The summed E-state index contributed by atoms with van der Waals surface area (Å²) in [6.45, 7) is 6.49. The third-order valence-corrected chi connectivity index (χ3v) is 3.09. The molecule has 1 heterocycles. The van der Waals surface area contributed by atoms with Gasteiger partial charge in [-0.25, -0.2) is 4.79 Å². The quantitative estimate of drug-likeness (QED) is 0.815. The molecule has 7 heteroatoms. The number of nitrogens with one attached hydrogen (secondary N) is 2. The van der Waals surface area contributed by atoms with Crippen molar-refractivity contribution in [2.75, 3.05) is 13.2 Å². The van der Waals surface area contributed by atoms with Gasteiger partial charge in [0, 0.05) is 13.0 Å². The molecule has 1 aromatic carbocycles. The second-order valence-corrected chi connectivity index (χ2v) is 5.41. The Balaban J connectivity index is 1.63. The number of nitrogens with zero attached hydrogens (tertiary/aromatic N) is 2. The number of amides is 2. The van der Waals surface area contributed by atoms with Gasteiger partial charge in [0.05, 0.1) is 6.04 Å². The molecule has 0 bridgehead atoms. The van der Waals surface area contributed by atoms with Crippen molar-refractivity contribution in [3.63, 3.8) is 0 Å². The molecule has 2 amide bonds. The van der Waals surface area contributed by atoms with E-state index in [9.17, 15) is 4.79 Å². The Morgan fingerprint density at radius 2 is 2.04 bits per heavy atom. The van der Waals surface area contributed by atoms with Crippen LogP contribution in [0.5, 0.6) is 5.75 Å². The summed E-state index contributed by atoms with van der Waals surface area (Å²) in [6, 6.07) is 7.44. The molecule has 0 aliphatic rings. The number of aryl methyl sites for hydroxylation is 2. The first-order valence-electron chi connectivity index (χ1n) is 7.56. The number of ether oxygens (including phenoxy) is 1. The van der Waals surface area contributed by atoms with E-state index in [1.165, 1.54) is 5.56 Å². The van der Waals surface area contributed by atoms with E-state index in [0.29, 0.717) is 31.3 Å². The Morgan fingerprint density at radius 3 is 2.70 bits per heavy atom. The third kappa shape index (κ3) is 5.98. The minimum Gasteiger partial charge on any atom is -0.491 e. The van der Waals surface area contributed by atoms with Crippen LogP contribution in [0.3, 0.4) is 0 Å². The molecule has 0 radical (unpaired) electrons. The second-order valence-electron chi connectivity index (χ2n) is 5.41. The lowest BCUT2D eigenvalue weighted by Crippen LogP contribution is -2.43. The van der Waals surface area contributed by atoms with Crippen LogP contribution in [0.15, 0.2) is 28.8 Å². The van der Waals surface area contributed by atoms with Crippen molar-refractivity contribution in [3.05, 3.63) is 41.5 Å². The number of hydrogen-bond donors (Lipinski definition) is 2. The lowest BCUT2D eigenvalue weighted by molar-refractivity contribution is 0.226. The van der Waals surface area contributed by atoms with Crippen molar-refractivity contribution >= 4 is 6.03 Å². The Morgan fingerprint density at radius 1 is 1.30 bits per heavy atom. The van der Waals surface area contributed by atoms with Crippen LogP contribution in [-0.2, 0) is 6.42 Å². The lowest BCUT2D eigenvalue weighted by atomic mass is 10.2. The van der Waals surface area contributed by atoms with E-state index in [-0.39, 0.29) is 12.1 Å². The fraction of sp³-hybridized carbons (Fsp3) is 0.438. The normalized spacial score (nSPS) is 11.8. The molecule has 23 heavy (non-hydrogen) atoms. The molecule has 2 N–H and O–H groups in total. The highest BCUT2D eigenvalue weighted by Crippen LogP contribution is 2.11. The van der Waals surface area contributed by atoms with Gasteiger partial charge >= 0.3 is 6.03 Å². The van der Waals surface area contributed by atoms with Crippen molar-refractivity contribution in [2.24, 2.45) is 0 Å². The van der Waals surface area contributed by atoms with Crippen molar-refractivity contribution < 1.29 is 14.1 Å². The molecule has 7 nitrogen and oxygen atoms in total. The molecule has 0 spiro atoms. The maximum Gasteiger partial charge on any atom is 0.315 e. The molecule has 0 saturated heterocycles. The van der Waals surface area contributed by atoms with Gasteiger partial charge in [0.1, 0.15) is 12.4 Å². The first-order chi connectivity index (χ1) is 11.0. The maximum absolute atomic E-state index is 11.8. The molecule has 2 aromatic rings.